The Morgan fingerprint density at radius 2 is 2.31 bits per heavy atom. The number of hydrogen-bond acceptors (Lipinski definition) is 4. The van der Waals surface area contributed by atoms with Crippen LogP contribution in [0.3, 0.4) is 0 Å². The van der Waals surface area contributed by atoms with Gasteiger partial charge in [-0.05, 0) is 13.8 Å². The number of hydrogen-bond donors (Lipinski definition) is 1. The van der Waals surface area contributed by atoms with Crippen LogP contribution in [-0.4, -0.2) is 52.0 Å². The summed E-state index contributed by atoms with van der Waals surface area (Å²) in [6, 6.07) is 0.240. The van der Waals surface area contributed by atoms with Crippen molar-refractivity contribution in [1.82, 2.24) is 25.2 Å². The largest absolute Gasteiger partial charge is 0.342 e. The number of aromatic nitrogens is 3. The smallest absolute Gasteiger partial charge is 0.236 e. The molecule has 6 heteroatoms. The van der Waals surface area contributed by atoms with Gasteiger partial charge < -0.3 is 10.2 Å². The highest BCUT2D eigenvalue weighted by molar-refractivity contribution is 5.78. The lowest BCUT2D eigenvalue weighted by Crippen LogP contribution is -2.40. The minimum absolute atomic E-state index is 0.105. The second-order valence-corrected chi connectivity index (χ2v) is 3.94. The van der Waals surface area contributed by atoms with Crippen LogP contribution in [0.5, 0.6) is 0 Å². The summed E-state index contributed by atoms with van der Waals surface area (Å²) in [7, 11) is 1.81. The lowest BCUT2D eigenvalue weighted by Gasteiger charge is -2.21. The number of nitrogens with one attached hydrogen (secondary N) is 1. The molecule has 0 aliphatic rings. The molecule has 1 aromatic heterocycles. The average Bonchev–Trinajstić information content (AvgIpc) is 2.75. The molecule has 1 heterocycles. The maximum atomic E-state index is 11.6. The summed E-state index contributed by atoms with van der Waals surface area (Å²) in [5.74, 6) is 0.105. The predicted molar refractivity (Wildman–Crippen MR) is 60.8 cm³/mol. The fourth-order valence-corrected chi connectivity index (χ4v) is 1.15. The van der Waals surface area contributed by atoms with E-state index in [1.165, 1.54) is 0 Å². The first-order chi connectivity index (χ1) is 7.61. The third-order valence-electron chi connectivity index (χ3n) is 2.43. The van der Waals surface area contributed by atoms with Crippen LogP contribution >= 0.6 is 0 Å². The lowest BCUT2D eigenvalue weighted by atomic mass is 10.3. The molecule has 0 atom stereocenters. The van der Waals surface area contributed by atoms with Gasteiger partial charge in [0.1, 0.15) is 0 Å². The Bertz CT molecular complexity index is 309. The molecule has 0 aliphatic heterocycles. The Morgan fingerprint density at radius 1 is 1.56 bits per heavy atom. The minimum atomic E-state index is 0.105. The zero-order valence-corrected chi connectivity index (χ0v) is 10.1. The molecule has 0 radical (unpaired) electrons. The van der Waals surface area contributed by atoms with E-state index in [9.17, 15) is 4.79 Å². The van der Waals surface area contributed by atoms with E-state index in [0.29, 0.717) is 13.1 Å². The maximum Gasteiger partial charge on any atom is 0.236 e. The van der Waals surface area contributed by atoms with E-state index in [2.05, 4.69) is 15.6 Å². The molecule has 0 saturated carbocycles. The van der Waals surface area contributed by atoms with Gasteiger partial charge in [-0.15, -0.1) is 5.10 Å². The van der Waals surface area contributed by atoms with Gasteiger partial charge in [-0.2, -0.15) is 0 Å². The lowest BCUT2D eigenvalue weighted by molar-refractivity contribution is -0.130. The highest BCUT2D eigenvalue weighted by atomic mass is 16.2. The Kier molecular flexibility index (Phi) is 4.91. The van der Waals surface area contributed by atoms with Gasteiger partial charge in [-0.1, -0.05) is 5.21 Å². The van der Waals surface area contributed by atoms with Crippen molar-refractivity contribution in [2.24, 2.45) is 0 Å². The fraction of sp³-hybridized carbons (Fsp3) is 0.700. The van der Waals surface area contributed by atoms with Crippen LogP contribution < -0.4 is 5.32 Å². The summed E-state index contributed by atoms with van der Waals surface area (Å²) >= 11 is 0. The van der Waals surface area contributed by atoms with Gasteiger partial charge >= 0.3 is 0 Å². The summed E-state index contributed by atoms with van der Waals surface area (Å²) in [6.45, 7) is 5.78. The molecule has 0 aromatic carbocycles. The first-order valence-corrected chi connectivity index (χ1v) is 5.41. The average molecular weight is 225 g/mol. The molecule has 0 unspecified atom stereocenters. The van der Waals surface area contributed by atoms with Crippen LogP contribution in [0.1, 0.15) is 13.8 Å². The standard InChI is InChI=1S/C10H19N5O/c1-9(2)14(3)10(16)8-11-4-6-15-7-5-12-13-15/h5,7,9,11H,4,6,8H2,1-3H3. The van der Waals surface area contributed by atoms with Crippen molar-refractivity contribution in [1.29, 1.82) is 0 Å². The van der Waals surface area contributed by atoms with Crippen molar-refractivity contribution < 1.29 is 4.79 Å². The van der Waals surface area contributed by atoms with Gasteiger partial charge in [0.2, 0.25) is 5.91 Å². The van der Waals surface area contributed by atoms with Gasteiger partial charge in [0, 0.05) is 25.8 Å². The monoisotopic (exact) mass is 225 g/mol. The van der Waals surface area contributed by atoms with Gasteiger partial charge in [0.15, 0.2) is 0 Å². The van der Waals surface area contributed by atoms with Crippen molar-refractivity contribution >= 4 is 5.91 Å². The van der Waals surface area contributed by atoms with E-state index >= 15 is 0 Å². The van der Waals surface area contributed by atoms with Gasteiger partial charge in [0.25, 0.3) is 0 Å². The topological polar surface area (TPSA) is 63.1 Å². The second-order valence-electron chi connectivity index (χ2n) is 3.94. The molecular weight excluding hydrogens is 206 g/mol. The van der Waals surface area contributed by atoms with E-state index in [4.69, 9.17) is 0 Å². The molecule has 1 N–H and O–H groups in total. The molecule has 0 aliphatic carbocycles. The fourth-order valence-electron chi connectivity index (χ4n) is 1.15. The van der Waals surface area contributed by atoms with E-state index in [1.807, 2.05) is 20.9 Å². The van der Waals surface area contributed by atoms with Gasteiger partial charge in [-0.25, -0.2) is 0 Å². The first-order valence-electron chi connectivity index (χ1n) is 5.41. The molecule has 1 rings (SSSR count). The third-order valence-corrected chi connectivity index (χ3v) is 2.43. The molecule has 90 valence electrons. The molecule has 0 saturated heterocycles. The number of amides is 1. The van der Waals surface area contributed by atoms with Crippen molar-refractivity contribution in [2.75, 3.05) is 20.1 Å². The zero-order valence-electron chi connectivity index (χ0n) is 10.1. The summed E-state index contributed by atoms with van der Waals surface area (Å²) in [5.41, 5.74) is 0. The molecule has 0 bridgehead atoms. The van der Waals surface area contributed by atoms with E-state index < -0.39 is 0 Å². The Labute approximate surface area is 95.6 Å². The number of likely N-dealkylation sites (N-methyl/N-ethyl adjacent to an activating group) is 1. The maximum absolute atomic E-state index is 11.6. The van der Waals surface area contributed by atoms with Crippen LogP contribution in [0.15, 0.2) is 12.4 Å². The predicted octanol–water partition coefficient (Wildman–Crippen LogP) is -0.265. The number of carbonyl (C=O) groups is 1. The number of rotatable bonds is 6. The SMILES string of the molecule is CC(C)N(C)C(=O)CNCCn1ccnn1. The summed E-state index contributed by atoms with van der Waals surface area (Å²) in [6.07, 6.45) is 3.43. The van der Waals surface area contributed by atoms with Crippen LogP contribution in [0.25, 0.3) is 0 Å². The van der Waals surface area contributed by atoms with Crippen molar-refractivity contribution in [3.05, 3.63) is 12.4 Å². The zero-order chi connectivity index (χ0) is 12.0. The summed E-state index contributed by atoms with van der Waals surface area (Å²) < 4.78 is 1.73. The van der Waals surface area contributed by atoms with Crippen molar-refractivity contribution in [3.63, 3.8) is 0 Å². The van der Waals surface area contributed by atoms with Crippen LogP contribution in [-0.2, 0) is 11.3 Å². The van der Waals surface area contributed by atoms with E-state index in [1.54, 1.807) is 22.0 Å². The van der Waals surface area contributed by atoms with Crippen LogP contribution in [0.4, 0.5) is 0 Å². The molecule has 1 aromatic rings. The number of carbonyl (C=O) groups excluding carboxylic acids is 1. The molecular formula is C10H19N5O. The van der Waals surface area contributed by atoms with Gasteiger partial charge in [0.05, 0.1) is 19.3 Å². The Balaban J connectivity index is 2.13. The molecule has 0 spiro atoms. The van der Waals surface area contributed by atoms with E-state index in [-0.39, 0.29) is 11.9 Å². The van der Waals surface area contributed by atoms with Crippen LogP contribution in [0.2, 0.25) is 0 Å². The first kappa shape index (κ1) is 12.6. The Hall–Kier alpha value is -1.43. The molecule has 6 nitrogen and oxygen atoms in total. The highest BCUT2D eigenvalue weighted by Gasteiger charge is 2.10. The minimum Gasteiger partial charge on any atom is -0.342 e. The van der Waals surface area contributed by atoms with Crippen molar-refractivity contribution in [3.8, 4) is 0 Å². The molecule has 16 heavy (non-hydrogen) atoms. The van der Waals surface area contributed by atoms with E-state index in [0.717, 1.165) is 6.54 Å². The summed E-state index contributed by atoms with van der Waals surface area (Å²) in [4.78, 5) is 13.3. The van der Waals surface area contributed by atoms with Crippen LogP contribution in [0, 0.1) is 0 Å². The van der Waals surface area contributed by atoms with Gasteiger partial charge in [-0.3, -0.25) is 9.48 Å². The molecule has 0 fully saturated rings. The van der Waals surface area contributed by atoms with Crippen molar-refractivity contribution in [2.45, 2.75) is 26.4 Å². The summed E-state index contributed by atoms with van der Waals surface area (Å²) in [5, 5.41) is 10.6. The normalized spacial score (nSPS) is 10.8. The Morgan fingerprint density at radius 3 is 2.88 bits per heavy atom. The third kappa shape index (κ3) is 3.98. The quantitative estimate of drug-likeness (QED) is 0.677. The molecule has 1 amide bonds. The number of nitrogens with zero attached hydrogens (tertiary/aromatic N) is 4. The second kappa shape index (κ2) is 6.22. The highest BCUT2D eigenvalue weighted by Crippen LogP contribution is 1.92.